The van der Waals surface area contributed by atoms with E-state index in [1.54, 1.807) is 18.3 Å². The molecule has 1 amide bonds. The molecule has 0 radical (unpaired) electrons. The van der Waals surface area contributed by atoms with Crippen molar-refractivity contribution in [2.45, 2.75) is 23.3 Å². The van der Waals surface area contributed by atoms with Crippen molar-refractivity contribution in [1.82, 2.24) is 24.5 Å². The summed E-state index contributed by atoms with van der Waals surface area (Å²) in [6.45, 7) is 0.0609. The second kappa shape index (κ2) is 7.54. The maximum absolute atomic E-state index is 13.3. The molecular formula is C16H20ClF2N5O3S. The van der Waals surface area contributed by atoms with Gasteiger partial charge in [0.25, 0.3) is 5.92 Å². The number of carbonyl (C=O) groups is 1. The van der Waals surface area contributed by atoms with Gasteiger partial charge in [-0.05, 0) is 12.1 Å². The van der Waals surface area contributed by atoms with Gasteiger partial charge in [0.15, 0.2) is 0 Å². The second-order valence-electron chi connectivity index (χ2n) is 6.78. The number of nitrogens with one attached hydrogen (secondary N) is 2. The van der Waals surface area contributed by atoms with Crippen LogP contribution in [0.3, 0.4) is 0 Å². The Morgan fingerprint density at radius 1 is 1.25 bits per heavy atom. The van der Waals surface area contributed by atoms with E-state index in [0.29, 0.717) is 11.0 Å². The zero-order chi connectivity index (χ0) is 19.2. The first-order valence-corrected chi connectivity index (χ1v) is 10.0. The predicted molar refractivity (Wildman–Crippen MR) is 100 cm³/mol. The number of aromatic nitrogens is 2. The van der Waals surface area contributed by atoms with Crippen molar-refractivity contribution >= 4 is 39.4 Å². The fourth-order valence-electron chi connectivity index (χ4n) is 3.54. The van der Waals surface area contributed by atoms with Crippen LogP contribution in [0.15, 0.2) is 29.4 Å². The molecule has 0 spiro atoms. The van der Waals surface area contributed by atoms with Crippen LogP contribution >= 0.6 is 12.4 Å². The van der Waals surface area contributed by atoms with E-state index >= 15 is 0 Å². The molecule has 2 saturated heterocycles. The molecule has 0 aliphatic carbocycles. The number of hydrogen-bond donors (Lipinski definition) is 2. The lowest BCUT2D eigenvalue weighted by molar-refractivity contribution is -0.134. The Bertz CT molecular complexity index is 976. The second-order valence-corrected chi connectivity index (χ2v) is 8.68. The van der Waals surface area contributed by atoms with Gasteiger partial charge < -0.3 is 9.88 Å². The van der Waals surface area contributed by atoms with E-state index in [0.717, 1.165) is 0 Å². The van der Waals surface area contributed by atoms with E-state index in [-0.39, 0.29) is 43.5 Å². The number of hydrogen-bond acceptors (Lipinski definition) is 5. The molecule has 0 aromatic carbocycles. The number of sulfonamides is 1. The summed E-state index contributed by atoms with van der Waals surface area (Å²) < 4.78 is 53.8. The van der Waals surface area contributed by atoms with Gasteiger partial charge in [-0.15, -0.1) is 12.4 Å². The van der Waals surface area contributed by atoms with E-state index in [1.165, 1.54) is 15.4 Å². The number of pyridine rings is 1. The minimum absolute atomic E-state index is 0. The molecule has 12 heteroatoms. The number of carbonyl (C=O) groups excluding carboxylic acids is 1. The lowest BCUT2D eigenvalue weighted by atomic mass is 10.1. The van der Waals surface area contributed by atoms with Crippen molar-refractivity contribution < 1.29 is 22.0 Å². The number of halogens is 3. The van der Waals surface area contributed by atoms with Crippen molar-refractivity contribution in [3.05, 3.63) is 24.5 Å². The molecule has 0 saturated carbocycles. The molecule has 2 aromatic heterocycles. The van der Waals surface area contributed by atoms with E-state index in [1.807, 2.05) is 0 Å². The Morgan fingerprint density at radius 3 is 2.61 bits per heavy atom. The summed E-state index contributed by atoms with van der Waals surface area (Å²) in [6, 6.07) is 2.43. The fraction of sp³-hybridized carbons (Fsp3) is 0.500. The maximum Gasteiger partial charge on any atom is 0.262 e. The molecular weight excluding hydrogens is 416 g/mol. The number of H-pyrrole nitrogens is 1. The zero-order valence-electron chi connectivity index (χ0n) is 14.8. The third-order valence-electron chi connectivity index (χ3n) is 4.99. The zero-order valence-corrected chi connectivity index (χ0v) is 16.4. The predicted octanol–water partition coefficient (Wildman–Crippen LogP) is 0.815. The van der Waals surface area contributed by atoms with Crippen molar-refractivity contribution in [1.29, 1.82) is 0 Å². The fourth-order valence-corrected chi connectivity index (χ4v) is 5.12. The summed E-state index contributed by atoms with van der Waals surface area (Å²) in [5, 5.41) is 3.05. The van der Waals surface area contributed by atoms with E-state index in [4.69, 9.17) is 0 Å². The lowest BCUT2D eigenvalue weighted by Crippen LogP contribution is -2.54. The van der Waals surface area contributed by atoms with Gasteiger partial charge in [0, 0.05) is 50.4 Å². The molecule has 2 fully saturated rings. The Kier molecular flexibility index (Phi) is 5.63. The van der Waals surface area contributed by atoms with Crippen LogP contribution in [0.5, 0.6) is 0 Å². The molecule has 2 N–H and O–H groups in total. The summed E-state index contributed by atoms with van der Waals surface area (Å²) in [4.78, 5) is 20.9. The smallest absolute Gasteiger partial charge is 0.262 e. The summed E-state index contributed by atoms with van der Waals surface area (Å²) in [5.74, 6) is -3.28. The molecule has 4 rings (SSSR count). The Balaban J connectivity index is 0.00000225. The number of nitrogens with zero attached hydrogens (tertiary/aromatic N) is 3. The third-order valence-corrected chi connectivity index (χ3v) is 6.93. The molecule has 2 aromatic rings. The van der Waals surface area contributed by atoms with Crippen LogP contribution in [0.25, 0.3) is 11.0 Å². The van der Waals surface area contributed by atoms with Crippen LogP contribution in [0.1, 0.15) is 6.42 Å². The number of alkyl halides is 2. The molecule has 0 bridgehead atoms. The van der Waals surface area contributed by atoms with Crippen LogP contribution in [0.4, 0.5) is 8.78 Å². The largest absolute Gasteiger partial charge is 0.345 e. The van der Waals surface area contributed by atoms with Crippen LogP contribution in [0, 0.1) is 0 Å². The monoisotopic (exact) mass is 435 g/mol. The summed E-state index contributed by atoms with van der Waals surface area (Å²) in [6.07, 6.45) is 2.46. The SMILES string of the molecule is Cl.O=C(C1CC(F)(F)CN1)N1CCN(S(=O)(=O)c2c[nH]c3ncccc23)CC1. The van der Waals surface area contributed by atoms with E-state index < -0.39 is 40.9 Å². The van der Waals surface area contributed by atoms with Gasteiger partial charge in [0.2, 0.25) is 15.9 Å². The number of aromatic amines is 1. The molecule has 28 heavy (non-hydrogen) atoms. The molecule has 8 nitrogen and oxygen atoms in total. The number of rotatable bonds is 3. The van der Waals surface area contributed by atoms with Gasteiger partial charge in [-0.2, -0.15) is 4.31 Å². The van der Waals surface area contributed by atoms with Crippen LogP contribution < -0.4 is 5.32 Å². The number of amides is 1. The standard InChI is InChI=1S/C16H19F2N5O3S.ClH/c17-16(18)8-12(21-10-16)15(24)22-4-6-23(7-5-22)27(25,26)13-9-20-14-11(13)2-1-3-19-14;/h1-3,9,12,21H,4-8,10H2,(H,19,20);1H. The Labute approximate surface area is 166 Å². The normalized spacial score (nSPS) is 22.9. The van der Waals surface area contributed by atoms with Crippen LogP contribution in [-0.2, 0) is 14.8 Å². The van der Waals surface area contributed by atoms with Crippen molar-refractivity contribution in [2.75, 3.05) is 32.7 Å². The summed E-state index contributed by atoms with van der Waals surface area (Å²) >= 11 is 0. The number of fused-ring (bicyclic) bond motifs is 1. The highest BCUT2D eigenvalue weighted by Gasteiger charge is 2.44. The van der Waals surface area contributed by atoms with Gasteiger partial charge in [-0.3, -0.25) is 10.1 Å². The maximum atomic E-state index is 13.3. The van der Waals surface area contributed by atoms with Gasteiger partial charge in [0.05, 0.1) is 12.6 Å². The van der Waals surface area contributed by atoms with Crippen LogP contribution in [0.2, 0.25) is 0 Å². The highest BCUT2D eigenvalue weighted by Crippen LogP contribution is 2.28. The highest BCUT2D eigenvalue weighted by molar-refractivity contribution is 7.89. The molecule has 2 aliphatic rings. The average molecular weight is 436 g/mol. The number of piperazine rings is 1. The summed E-state index contributed by atoms with van der Waals surface area (Å²) in [7, 11) is -3.74. The Morgan fingerprint density at radius 2 is 1.96 bits per heavy atom. The van der Waals surface area contributed by atoms with E-state index in [2.05, 4.69) is 15.3 Å². The lowest BCUT2D eigenvalue weighted by Gasteiger charge is -2.35. The highest BCUT2D eigenvalue weighted by atomic mass is 35.5. The topological polar surface area (TPSA) is 98.4 Å². The molecule has 1 unspecified atom stereocenters. The minimum Gasteiger partial charge on any atom is -0.345 e. The molecule has 1 atom stereocenters. The van der Waals surface area contributed by atoms with Gasteiger partial charge in [0.1, 0.15) is 10.5 Å². The van der Waals surface area contributed by atoms with Crippen LogP contribution in [-0.4, -0.2) is 78.2 Å². The van der Waals surface area contributed by atoms with Gasteiger partial charge in [-0.25, -0.2) is 22.2 Å². The van der Waals surface area contributed by atoms with Crippen molar-refractivity contribution in [2.24, 2.45) is 0 Å². The molecule has 4 heterocycles. The van der Waals surface area contributed by atoms with Gasteiger partial charge >= 0.3 is 0 Å². The molecule has 2 aliphatic heterocycles. The first kappa shape index (κ1) is 20.9. The first-order valence-electron chi connectivity index (χ1n) is 8.60. The molecule has 154 valence electrons. The quantitative estimate of drug-likeness (QED) is 0.743. The average Bonchev–Trinajstić information content (AvgIpc) is 3.24. The van der Waals surface area contributed by atoms with Crippen molar-refractivity contribution in [3.63, 3.8) is 0 Å². The van der Waals surface area contributed by atoms with E-state index in [9.17, 15) is 22.0 Å². The summed E-state index contributed by atoms with van der Waals surface area (Å²) in [5.41, 5.74) is 0.484. The van der Waals surface area contributed by atoms with Gasteiger partial charge in [-0.1, -0.05) is 0 Å². The first-order chi connectivity index (χ1) is 12.8. The Hall–Kier alpha value is -1.82. The van der Waals surface area contributed by atoms with Crippen molar-refractivity contribution in [3.8, 4) is 0 Å². The minimum atomic E-state index is -3.74. The third kappa shape index (κ3) is 3.71.